The molecule has 0 aliphatic rings. The first-order valence-electron chi connectivity index (χ1n) is 7.91. The zero-order valence-corrected chi connectivity index (χ0v) is 14.2. The summed E-state index contributed by atoms with van der Waals surface area (Å²) < 4.78 is 10.9. The number of furan rings is 1. The third-order valence-electron chi connectivity index (χ3n) is 3.43. The van der Waals surface area contributed by atoms with Crippen LogP contribution in [-0.4, -0.2) is 11.6 Å². The molecule has 23 heavy (non-hydrogen) atoms. The summed E-state index contributed by atoms with van der Waals surface area (Å²) in [5, 5.41) is 3.46. The molecule has 1 N–H and O–H groups in total. The van der Waals surface area contributed by atoms with Gasteiger partial charge in [0.25, 0.3) is 0 Å². The fraction of sp³-hybridized carbons (Fsp3) is 0.421. The number of carbonyl (C=O) groups is 1. The SMILES string of the molecule is C[C@H](N[C@H](CC(=O)OC(C)(C)C)c1ccco1)c1ccccc1. The van der Waals surface area contributed by atoms with Crippen LogP contribution in [0.1, 0.15) is 57.5 Å². The Bertz CT molecular complexity index is 599. The van der Waals surface area contributed by atoms with Crippen molar-refractivity contribution < 1.29 is 13.9 Å². The van der Waals surface area contributed by atoms with Gasteiger partial charge in [0.2, 0.25) is 0 Å². The van der Waals surface area contributed by atoms with Gasteiger partial charge in [-0.15, -0.1) is 0 Å². The van der Waals surface area contributed by atoms with Gasteiger partial charge < -0.3 is 14.5 Å². The summed E-state index contributed by atoms with van der Waals surface area (Å²) in [6, 6.07) is 13.7. The Morgan fingerprint density at radius 3 is 2.43 bits per heavy atom. The molecule has 0 radical (unpaired) electrons. The van der Waals surface area contributed by atoms with Crippen LogP contribution in [0.2, 0.25) is 0 Å². The van der Waals surface area contributed by atoms with Gasteiger partial charge in [0, 0.05) is 6.04 Å². The van der Waals surface area contributed by atoms with E-state index < -0.39 is 5.60 Å². The number of carbonyl (C=O) groups excluding carboxylic acids is 1. The first-order chi connectivity index (χ1) is 10.8. The highest BCUT2D eigenvalue weighted by Gasteiger charge is 2.24. The van der Waals surface area contributed by atoms with Crippen LogP contribution >= 0.6 is 0 Å². The van der Waals surface area contributed by atoms with Crippen molar-refractivity contribution >= 4 is 5.97 Å². The highest BCUT2D eigenvalue weighted by molar-refractivity contribution is 5.70. The molecule has 0 saturated carbocycles. The topological polar surface area (TPSA) is 51.5 Å². The van der Waals surface area contributed by atoms with Crippen LogP contribution in [0.15, 0.2) is 53.1 Å². The monoisotopic (exact) mass is 315 g/mol. The van der Waals surface area contributed by atoms with Gasteiger partial charge in [-0.1, -0.05) is 30.3 Å². The second-order valence-electron chi connectivity index (χ2n) is 6.66. The molecule has 0 aliphatic heterocycles. The highest BCUT2D eigenvalue weighted by Crippen LogP contribution is 2.24. The summed E-state index contributed by atoms with van der Waals surface area (Å²) in [7, 11) is 0. The van der Waals surface area contributed by atoms with Gasteiger partial charge in [-0.25, -0.2) is 0 Å². The molecule has 0 unspecified atom stereocenters. The molecule has 0 spiro atoms. The van der Waals surface area contributed by atoms with Crippen molar-refractivity contribution in [3.8, 4) is 0 Å². The molecule has 0 fully saturated rings. The molecule has 2 atom stereocenters. The highest BCUT2D eigenvalue weighted by atomic mass is 16.6. The number of esters is 1. The van der Waals surface area contributed by atoms with Crippen LogP contribution in [0.25, 0.3) is 0 Å². The largest absolute Gasteiger partial charge is 0.468 e. The molecule has 0 amide bonds. The molecule has 4 heteroatoms. The summed E-state index contributed by atoms with van der Waals surface area (Å²) in [6.07, 6.45) is 1.84. The number of benzene rings is 1. The first-order valence-corrected chi connectivity index (χ1v) is 7.91. The normalized spacial score (nSPS) is 14.3. The molecule has 2 aromatic rings. The van der Waals surface area contributed by atoms with Crippen molar-refractivity contribution in [3.63, 3.8) is 0 Å². The number of hydrogen-bond acceptors (Lipinski definition) is 4. The van der Waals surface area contributed by atoms with Crippen molar-refractivity contribution in [2.24, 2.45) is 0 Å². The zero-order valence-electron chi connectivity index (χ0n) is 14.2. The molecule has 0 bridgehead atoms. The Labute approximate surface area is 137 Å². The third kappa shape index (κ3) is 5.57. The average Bonchev–Trinajstić information content (AvgIpc) is 2.99. The predicted molar refractivity (Wildman–Crippen MR) is 89.9 cm³/mol. The lowest BCUT2D eigenvalue weighted by atomic mass is 10.0. The predicted octanol–water partition coefficient (Wildman–Crippen LogP) is 4.40. The van der Waals surface area contributed by atoms with E-state index in [0.29, 0.717) is 0 Å². The van der Waals surface area contributed by atoms with Gasteiger partial charge in [-0.3, -0.25) is 4.79 Å². The Morgan fingerprint density at radius 2 is 1.87 bits per heavy atom. The van der Waals surface area contributed by atoms with E-state index in [2.05, 4.69) is 24.4 Å². The van der Waals surface area contributed by atoms with Gasteiger partial charge in [0.1, 0.15) is 11.4 Å². The summed E-state index contributed by atoms with van der Waals surface area (Å²) >= 11 is 0. The van der Waals surface area contributed by atoms with Crippen molar-refractivity contribution in [2.75, 3.05) is 0 Å². The van der Waals surface area contributed by atoms with Crippen LogP contribution in [0.4, 0.5) is 0 Å². The van der Waals surface area contributed by atoms with Gasteiger partial charge in [0.15, 0.2) is 0 Å². The van der Waals surface area contributed by atoms with E-state index in [9.17, 15) is 4.79 Å². The Balaban J connectivity index is 2.08. The van der Waals surface area contributed by atoms with E-state index in [1.54, 1.807) is 6.26 Å². The zero-order chi connectivity index (χ0) is 16.9. The second kappa shape index (κ2) is 7.47. The lowest BCUT2D eigenvalue weighted by molar-refractivity contribution is -0.155. The average molecular weight is 315 g/mol. The van der Waals surface area contributed by atoms with Gasteiger partial charge >= 0.3 is 5.97 Å². The smallest absolute Gasteiger partial charge is 0.308 e. The standard InChI is InChI=1S/C19H25NO3/c1-14(15-9-6-5-7-10-15)20-16(17-11-8-12-22-17)13-18(21)23-19(2,3)4/h5-12,14,16,20H,13H2,1-4H3/t14-,16+/m0/s1. The Morgan fingerprint density at radius 1 is 1.17 bits per heavy atom. The molecule has 1 heterocycles. The Kier molecular flexibility index (Phi) is 5.61. The van der Waals surface area contributed by atoms with E-state index in [-0.39, 0.29) is 24.5 Å². The van der Waals surface area contributed by atoms with Crippen molar-refractivity contribution in [2.45, 2.75) is 51.8 Å². The second-order valence-corrected chi connectivity index (χ2v) is 6.66. The molecular formula is C19H25NO3. The molecule has 0 saturated heterocycles. The van der Waals surface area contributed by atoms with E-state index in [0.717, 1.165) is 11.3 Å². The summed E-state index contributed by atoms with van der Waals surface area (Å²) in [4.78, 5) is 12.2. The van der Waals surface area contributed by atoms with Crippen molar-refractivity contribution in [3.05, 3.63) is 60.1 Å². The van der Waals surface area contributed by atoms with Crippen LogP contribution in [-0.2, 0) is 9.53 Å². The minimum Gasteiger partial charge on any atom is -0.468 e. The lowest BCUT2D eigenvalue weighted by Gasteiger charge is -2.24. The molecule has 0 aliphatic carbocycles. The van der Waals surface area contributed by atoms with Gasteiger partial charge in [-0.2, -0.15) is 0 Å². The van der Waals surface area contributed by atoms with Gasteiger partial charge in [-0.05, 0) is 45.4 Å². The fourth-order valence-corrected chi connectivity index (χ4v) is 2.42. The molecule has 1 aromatic heterocycles. The van der Waals surface area contributed by atoms with E-state index in [1.165, 1.54) is 0 Å². The molecular weight excluding hydrogens is 290 g/mol. The fourth-order valence-electron chi connectivity index (χ4n) is 2.42. The van der Waals surface area contributed by atoms with E-state index >= 15 is 0 Å². The maximum Gasteiger partial charge on any atom is 0.308 e. The van der Waals surface area contributed by atoms with Gasteiger partial charge in [0.05, 0.1) is 18.7 Å². The molecule has 1 aromatic carbocycles. The molecule has 2 rings (SSSR count). The quantitative estimate of drug-likeness (QED) is 0.803. The van der Waals surface area contributed by atoms with Crippen LogP contribution in [0.3, 0.4) is 0 Å². The maximum absolute atomic E-state index is 12.2. The number of hydrogen-bond donors (Lipinski definition) is 1. The maximum atomic E-state index is 12.2. The Hall–Kier alpha value is -2.07. The number of nitrogens with one attached hydrogen (secondary N) is 1. The minimum absolute atomic E-state index is 0.0914. The van der Waals surface area contributed by atoms with Crippen molar-refractivity contribution in [1.82, 2.24) is 5.32 Å². The number of rotatable bonds is 6. The first kappa shape index (κ1) is 17.3. The summed E-state index contributed by atoms with van der Waals surface area (Å²) in [5.74, 6) is 0.491. The van der Waals surface area contributed by atoms with Crippen LogP contribution in [0.5, 0.6) is 0 Å². The van der Waals surface area contributed by atoms with Crippen molar-refractivity contribution in [1.29, 1.82) is 0 Å². The van der Waals surface area contributed by atoms with E-state index in [4.69, 9.17) is 9.15 Å². The summed E-state index contributed by atoms with van der Waals surface area (Å²) in [6.45, 7) is 7.67. The van der Waals surface area contributed by atoms with Crippen LogP contribution in [0, 0.1) is 0 Å². The molecule has 4 nitrogen and oxygen atoms in total. The summed E-state index contributed by atoms with van der Waals surface area (Å²) in [5.41, 5.74) is 0.670. The van der Waals surface area contributed by atoms with E-state index in [1.807, 2.05) is 51.1 Å². The lowest BCUT2D eigenvalue weighted by Crippen LogP contribution is -2.30. The number of ether oxygens (including phenoxy) is 1. The molecule has 124 valence electrons. The minimum atomic E-state index is -0.490. The third-order valence-corrected chi connectivity index (χ3v) is 3.43. The van der Waals surface area contributed by atoms with Crippen LogP contribution < -0.4 is 5.32 Å².